The van der Waals surface area contributed by atoms with Crippen LogP contribution in [0.3, 0.4) is 0 Å². The van der Waals surface area contributed by atoms with Gasteiger partial charge in [-0.3, -0.25) is 4.79 Å². The van der Waals surface area contributed by atoms with Crippen LogP contribution in [0.15, 0.2) is 12.2 Å². The van der Waals surface area contributed by atoms with E-state index in [1.165, 1.54) is 0 Å². The Hall–Kier alpha value is -0.870. The maximum Gasteiger partial charge on any atom is 0.248 e. The van der Waals surface area contributed by atoms with Gasteiger partial charge in [0.25, 0.3) is 0 Å². The first kappa shape index (κ1) is 9.22. The van der Waals surface area contributed by atoms with Crippen molar-refractivity contribution in [2.24, 2.45) is 11.5 Å². The predicted molar refractivity (Wildman–Crippen MR) is 47.3 cm³/mol. The van der Waals surface area contributed by atoms with Crippen molar-refractivity contribution in [3.05, 3.63) is 12.2 Å². The standard InChI is InChI=1S/C8H15N3O/c1-5(2)8(12)11-3-6(9)7(10)4-11/h6-7H,1,3-4,9-10H2,2H3. The van der Waals surface area contributed by atoms with E-state index < -0.39 is 0 Å². The molecule has 1 fully saturated rings. The number of amides is 1. The zero-order valence-electron chi connectivity index (χ0n) is 7.29. The fraction of sp³-hybridized carbons (Fsp3) is 0.625. The molecule has 12 heavy (non-hydrogen) atoms. The van der Waals surface area contributed by atoms with Gasteiger partial charge < -0.3 is 16.4 Å². The van der Waals surface area contributed by atoms with Crippen LogP contribution in [-0.4, -0.2) is 36.0 Å². The summed E-state index contributed by atoms with van der Waals surface area (Å²) >= 11 is 0. The van der Waals surface area contributed by atoms with Crippen LogP contribution in [0.4, 0.5) is 0 Å². The molecule has 1 heterocycles. The largest absolute Gasteiger partial charge is 0.336 e. The van der Waals surface area contributed by atoms with Crippen LogP contribution in [0, 0.1) is 0 Å². The Kier molecular flexibility index (Phi) is 2.49. The number of carbonyl (C=O) groups excluding carboxylic acids is 1. The minimum atomic E-state index is -0.0895. The van der Waals surface area contributed by atoms with Gasteiger partial charge in [0, 0.05) is 30.7 Å². The zero-order chi connectivity index (χ0) is 9.30. The number of hydrogen-bond acceptors (Lipinski definition) is 3. The Morgan fingerprint density at radius 1 is 1.42 bits per heavy atom. The average Bonchev–Trinajstić information content (AvgIpc) is 2.30. The van der Waals surface area contributed by atoms with Crippen molar-refractivity contribution in [2.45, 2.75) is 19.0 Å². The van der Waals surface area contributed by atoms with Gasteiger partial charge in [0.2, 0.25) is 5.91 Å². The first-order valence-corrected chi connectivity index (χ1v) is 3.98. The summed E-state index contributed by atoms with van der Waals surface area (Å²) in [5, 5.41) is 0. The lowest BCUT2D eigenvalue weighted by Gasteiger charge is -2.14. The van der Waals surface area contributed by atoms with Gasteiger partial charge in [-0.1, -0.05) is 6.58 Å². The summed E-state index contributed by atoms with van der Waals surface area (Å²) in [7, 11) is 0. The SMILES string of the molecule is C=C(C)C(=O)N1CC(N)C(N)C1. The normalized spacial score (nSPS) is 29.1. The van der Waals surface area contributed by atoms with Gasteiger partial charge in [-0.15, -0.1) is 0 Å². The van der Waals surface area contributed by atoms with Crippen LogP contribution < -0.4 is 11.5 Å². The number of carbonyl (C=O) groups is 1. The van der Waals surface area contributed by atoms with Crippen molar-refractivity contribution in [1.29, 1.82) is 0 Å². The summed E-state index contributed by atoms with van der Waals surface area (Å²) in [6, 6.07) is -0.179. The minimum Gasteiger partial charge on any atom is -0.336 e. The van der Waals surface area contributed by atoms with E-state index in [-0.39, 0.29) is 18.0 Å². The topological polar surface area (TPSA) is 72.3 Å². The van der Waals surface area contributed by atoms with Crippen molar-refractivity contribution < 1.29 is 4.79 Å². The third kappa shape index (κ3) is 1.65. The quantitative estimate of drug-likeness (QED) is 0.498. The molecule has 1 saturated heterocycles. The summed E-state index contributed by atoms with van der Waals surface area (Å²) in [5.41, 5.74) is 11.9. The second-order valence-electron chi connectivity index (χ2n) is 3.32. The summed E-state index contributed by atoms with van der Waals surface area (Å²) < 4.78 is 0. The van der Waals surface area contributed by atoms with Crippen molar-refractivity contribution in [1.82, 2.24) is 4.90 Å². The van der Waals surface area contributed by atoms with E-state index >= 15 is 0 Å². The van der Waals surface area contributed by atoms with E-state index in [9.17, 15) is 4.79 Å². The number of hydrogen-bond donors (Lipinski definition) is 2. The molecule has 1 rings (SSSR count). The molecular formula is C8H15N3O. The summed E-state index contributed by atoms with van der Waals surface area (Å²) in [4.78, 5) is 13.0. The zero-order valence-corrected chi connectivity index (χ0v) is 7.29. The monoisotopic (exact) mass is 169 g/mol. The van der Waals surface area contributed by atoms with Crippen LogP contribution in [0.25, 0.3) is 0 Å². The highest BCUT2D eigenvalue weighted by molar-refractivity contribution is 5.92. The number of rotatable bonds is 1. The summed E-state index contributed by atoms with van der Waals surface area (Å²) in [6.07, 6.45) is 0. The van der Waals surface area contributed by atoms with Crippen LogP contribution >= 0.6 is 0 Å². The highest BCUT2D eigenvalue weighted by Gasteiger charge is 2.30. The lowest BCUT2D eigenvalue weighted by Crippen LogP contribution is -2.39. The van der Waals surface area contributed by atoms with E-state index in [1.807, 2.05) is 0 Å². The summed E-state index contributed by atoms with van der Waals surface area (Å²) in [5.74, 6) is -0.0431. The number of nitrogens with two attached hydrogens (primary N) is 2. The van der Waals surface area contributed by atoms with Gasteiger partial charge in [0.15, 0.2) is 0 Å². The third-order valence-electron chi connectivity index (χ3n) is 2.06. The molecule has 0 spiro atoms. The molecule has 2 unspecified atom stereocenters. The average molecular weight is 169 g/mol. The van der Waals surface area contributed by atoms with E-state index in [0.29, 0.717) is 18.7 Å². The molecular weight excluding hydrogens is 154 g/mol. The van der Waals surface area contributed by atoms with Gasteiger partial charge in [-0.25, -0.2) is 0 Å². The number of likely N-dealkylation sites (tertiary alicyclic amines) is 1. The highest BCUT2D eigenvalue weighted by atomic mass is 16.2. The van der Waals surface area contributed by atoms with Crippen LogP contribution in [0.5, 0.6) is 0 Å². The first-order valence-electron chi connectivity index (χ1n) is 3.98. The lowest BCUT2D eigenvalue weighted by atomic mass is 10.2. The van der Waals surface area contributed by atoms with Crippen molar-refractivity contribution >= 4 is 5.91 Å². The second kappa shape index (κ2) is 3.25. The van der Waals surface area contributed by atoms with Gasteiger partial charge in [-0.2, -0.15) is 0 Å². The highest BCUT2D eigenvalue weighted by Crippen LogP contribution is 2.09. The maximum atomic E-state index is 11.4. The predicted octanol–water partition coefficient (Wildman–Crippen LogP) is -0.941. The minimum absolute atomic E-state index is 0.0431. The maximum absolute atomic E-state index is 11.4. The molecule has 2 atom stereocenters. The van der Waals surface area contributed by atoms with Crippen molar-refractivity contribution in [2.75, 3.05) is 13.1 Å². The molecule has 1 aliphatic heterocycles. The Balaban J connectivity index is 2.57. The third-order valence-corrected chi connectivity index (χ3v) is 2.06. The Morgan fingerprint density at radius 2 is 1.83 bits per heavy atom. The van der Waals surface area contributed by atoms with Crippen molar-refractivity contribution in [3.8, 4) is 0 Å². The Morgan fingerprint density at radius 3 is 2.17 bits per heavy atom. The van der Waals surface area contributed by atoms with Gasteiger partial charge in [0.05, 0.1) is 0 Å². The van der Waals surface area contributed by atoms with Crippen LogP contribution in [0.1, 0.15) is 6.92 Å². The molecule has 0 bridgehead atoms. The molecule has 1 amide bonds. The lowest BCUT2D eigenvalue weighted by molar-refractivity contribution is -0.126. The molecule has 0 aromatic heterocycles. The fourth-order valence-corrected chi connectivity index (χ4v) is 1.29. The van der Waals surface area contributed by atoms with Crippen molar-refractivity contribution in [3.63, 3.8) is 0 Å². The molecule has 0 radical (unpaired) electrons. The molecule has 68 valence electrons. The van der Waals surface area contributed by atoms with Gasteiger partial charge in [0.1, 0.15) is 0 Å². The van der Waals surface area contributed by atoms with E-state index in [2.05, 4.69) is 6.58 Å². The molecule has 4 nitrogen and oxygen atoms in total. The fourth-order valence-electron chi connectivity index (χ4n) is 1.29. The van der Waals surface area contributed by atoms with E-state index in [0.717, 1.165) is 0 Å². The van der Waals surface area contributed by atoms with E-state index in [1.54, 1.807) is 11.8 Å². The van der Waals surface area contributed by atoms with Gasteiger partial charge in [-0.05, 0) is 6.92 Å². The number of nitrogens with zero attached hydrogens (tertiary/aromatic N) is 1. The molecule has 1 aliphatic rings. The van der Waals surface area contributed by atoms with Gasteiger partial charge >= 0.3 is 0 Å². The Labute approximate surface area is 72.2 Å². The van der Waals surface area contributed by atoms with Crippen LogP contribution in [0.2, 0.25) is 0 Å². The first-order chi connectivity index (χ1) is 5.52. The molecule has 4 heteroatoms. The molecule has 0 saturated carbocycles. The summed E-state index contributed by atoms with van der Waals surface area (Å²) in [6.45, 7) is 6.37. The second-order valence-corrected chi connectivity index (χ2v) is 3.32. The van der Waals surface area contributed by atoms with Crippen LogP contribution in [-0.2, 0) is 4.79 Å². The molecule has 0 aliphatic carbocycles. The molecule has 4 N–H and O–H groups in total. The molecule has 0 aromatic carbocycles. The smallest absolute Gasteiger partial charge is 0.248 e. The van der Waals surface area contributed by atoms with E-state index in [4.69, 9.17) is 11.5 Å². The molecule has 0 aromatic rings. The Bertz CT molecular complexity index is 204.